The van der Waals surface area contributed by atoms with Crippen molar-refractivity contribution in [2.24, 2.45) is 0 Å². The summed E-state index contributed by atoms with van der Waals surface area (Å²) in [5, 5.41) is 4.82. The molecule has 0 spiro atoms. The van der Waals surface area contributed by atoms with Gasteiger partial charge in [-0.15, -0.1) is 0 Å². The minimum absolute atomic E-state index is 1.02. The van der Waals surface area contributed by atoms with Gasteiger partial charge in [0.1, 0.15) is 0 Å². The van der Waals surface area contributed by atoms with Crippen LogP contribution < -0.4 is 0 Å². The van der Waals surface area contributed by atoms with Crippen LogP contribution >= 0.6 is 0 Å². The van der Waals surface area contributed by atoms with E-state index in [0.29, 0.717) is 0 Å². The molecule has 0 aliphatic heterocycles. The monoisotopic (exact) mass is 204 g/mol. The van der Waals surface area contributed by atoms with E-state index in [1.54, 1.807) is 0 Å². The first kappa shape index (κ1) is 7.99. The van der Waals surface area contributed by atoms with E-state index in [4.69, 9.17) is 0 Å². The molecule has 0 saturated carbocycles. The van der Waals surface area contributed by atoms with Crippen molar-refractivity contribution in [2.75, 3.05) is 0 Å². The molecule has 0 amide bonds. The Hall–Kier alpha value is -2.22. The lowest BCUT2D eigenvalue weighted by molar-refractivity contribution is 1.41. The van der Waals surface area contributed by atoms with Crippen LogP contribution in [-0.4, -0.2) is 9.97 Å². The normalized spacial score (nSPS) is 11.8. The minimum atomic E-state index is 1.02. The molecule has 2 heterocycles. The number of nitrogens with zero attached hydrogens (tertiary/aromatic N) is 2. The topological polar surface area (TPSA) is 25.8 Å². The Kier molecular flexibility index (Phi) is 1.33. The summed E-state index contributed by atoms with van der Waals surface area (Å²) in [5.41, 5.74) is 2.05. The highest BCUT2D eigenvalue weighted by molar-refractivity contribution is 6.20. The average Bonchev–Trinajstić information content (AvgIpc) is 2.36. The fourth-order valence-corrected chi connectivity index (χ4v) is 2.37. The second-order valence-corrected chi connectivity index (χ2v) is 4.00. The summed E-state index contributed by atoms with van der Waals surface area (Å²) >= 11 is 0. The summed E-state index contributed by atoms with van der Waals surface area (Å²) in [6.45, 7) is 0. The van der Waals surface area contributed by atoms with Crippen LogP contribution in [0.3, 0.4) is 0 Å². The molecule has 0 N–H and O–H groups in total. The number of benzene rings is 2. The summed E-state index contributed by atoms with van der Waals surface area (Å²) in [5.74, 6) is 0. The van der Waals surface area contributed by atoms with Crippen LogP contribution in [0, 0.1) is 0 Å². The number of pyridine rings is 2. The second kappa shape index (κ2) is 2.67. The molecular formula is C14H8N2. The molecule has 0 aliphatic carbocycles. The third-order valence-electron chi connectivity index (χ3n) is 3.08. The van der Waals surface area contributed by atoms with Crippen molar-refractivity contribution < 1.29 is 0 Å². The van der Waals surface area contributed by atoms with Crippen LogP contribution in [0.5, 0.6) is 0 Å². The highest BCUT2D eigenvalue weighted by atomic mass is 14.7. The first-order valence-corrected chi connectivity index (χ1v) is 5.28. The number of aromatic nitrogens is 2. The zero-order chi connectivity index (χ0) is 10.5. The standard InChI is InChI=1S/C14H8N2/c1-3-9-7-15-11-5-2-6-12-14(11)13(9)10(4-1)8-16-12/h1-8H. The van der Waals surface area contributed by atoms with Crippen molar-refractivity contribution in [1.82, 2.24) is 9.97 Å². The van der Waals surface area contributed by atoms with Gasteiger partial charge in [0.2, 0.25) is 0 Å². The molecule has 4 rings (SSSR count). The Morgan fingerprint density at radius 1 is 0.625 bits per heavy atom. The van der Waals surface area contributed by atoms with Gasteiger partial charge >= 0.3 is 0 Å². The predicted molar refractivity (Wildman–Crippen MR) is 65.7 cm³/mol. The lowest BCUT2D eigenvalue weighted by atomic mass is 10.0. The molecule has 2 aromatic carbocycles. The van der Waals surface area contributed by atoms with E-state index >= 15 is 0 Å². The van der Waals surface area contributed by atoms with Crippen LogP contribution in [0.15, 0.2) is 48.8 Å². The number of rotatable bonds is 0. The van der Waals surface area contributed by atoms with Crippen LogP contribution in [0.4, 0.5) is 0 Å². The Morgan fingerprint density at radius 2 is 1.19 bits per heavy atom. The summed E-state index contributed by atoms with van der Waals surface area (Å²) in [4.78, 5) is 8.94. The lowest BCUT2D eigenvalue weighted by Gasteiger charge is -2.07. The molecule has 0 aliphatic rings. The minimum Gasteiger partial charge on any atom is -0.256 e. The molecule has 4 aromatic rings. The van der Waals surface area contributed by atoms with E-state index < -0.39 is 0 Å². The maximum atomic E-state index is 4.47. The van der Waals surface area contributed by atoms with Gasteiger partial charge in [0.05, 0.1) is 11.0 Å². The van der Waals surface area contributed by atoms with Gasteiger partial charge in [-0.25, -0.2) is 0 Å². The van der Waals surface area contributed by atoms with E-state index in [0.717, 1.165) is 11.0 Å². The van der Waals surface area contributed by atoms with Gasteiger partial charge in [-0.3, -0.25) is 9.97 Å². The molecule has 0 fully saturated rings. The zero-order valence-electron chi connectivity index (χ0n) is 8.51. The van der Waals surface area contributed by atoms with Crippen LogP contribution in [0.2, 0.25) is 0 Å². The van der Waals surface area contributed by atoms with Gasteiger partial charge in [0.15, 0.2) is 0 Å². The summed E-state index contributed by atoms with van der Waals surface area (Å²) in [6, 6.07) is 12.3. The maximum Gasteiger partial charge on any atom is 0.0730 e. The molecule has 74 valence electrons. The molecule has 0 bridgehead atoms. The fourth-order valence-electron chi connectivity index (χ4n) is 2.37. The smallest absolute Gasteiger partial charge is 0.0730 e. The van der Waals surface area contributed by atoms with E-state index in [1.807, 2.05) is 36.7 Å². The fraction of sp³-hybridized carbons (Fsp3) is 0. The Labute approximate surface area is 91.9 Å². The summed E-state index contributed by atoms with van der Waals surface area (Å²) < 4.78 is 0. The van der Waals surface area contributed by atoms with Crippen molar-refractivity contribution in [3.8, 4) is 0 Å². The quantitative estimate of drug-likeness (QED) is 0.410. The molecule has 0 saturated heterocycles. The summed E-state index contributed by atoms with van der Waals surface area (Å²) in [6.07, 6.45) is 3.87. The maximum absolute atomic E-state index is 4.47. The van der Waals surface area contributed by atoms with Gasteiger partial charge in [0.25, 0.3) is 0 Å². The van der Waals surface area contributed by atoms with Crippen LogP contribution in [0.1, 0.15) is 0 Å². The van der Waals surface area contributed by atoms with E-state index in [2.05, 4.69) is 22.1 Å². The highest BCUT2D eigenvalue weighted by Gasteiger charge is 2.08. The molecule has 2 aromatic heterocycles. The van der Waals surface area contributed by atoms with Crippen LogP contribution in [0.25, 0.3) is 32.6 Å². The van der Waals surface area contributed by atoms with Crippen molar-refractivity contribution in [3.05, 3.63) is 48.8 Å². The van der Waals surface area contributed by atoms with Gasteiger partial charge < -0.3 is 0 Å². The number of hydrogen-bond donors (Lipinski definition) is 0. The molecular weight excluding hydrogens is 196 g/mol. The molecule has 16 heavy (non-hydrogen) atoms. The SMILES string of the molecule is c1cc2cnc3cccc4ncc(c1)c2c34. The van der Waals surface area contributed by atoms with Crippen molar-refractivity contribution in [2.45, 2.75) is 0 Å². The molecule has 2 heteroatoms. The predicted octanol–water partition coefficient (Wildman–Crippen LogP) is 3.37. The van der Waals surface area contributed by atoms with E-state index in [1.165, 1.54) is 21.5 Å². The van der Waals surface area contributed by atoms with Crippen molar-refractivity contribution in [3.63, 3.8) is 0 Å². The molecule has 0 radical (unpaired) electrons. The Morgan fingerprint density at radius 3 is 1.81 bits per heavy atom. The Bertz CT molecular complexity index is 675. The average molecular weight is 204 g/mol. The van der Waals surface area contributed by atoms with Gasteiger partial charge in [0, 0.05) is 33.9 Å². The molecule has 2 nitrogen and oxygen atoms in total. The molecule has 0 atom stereocenters. The van der Waals surface area contributed by atoms with Gasteiger partial charge in [-0.05, 0) is 12.1 Å². The number of hydrogen-bond acceptors (Lipinski definition) is 2. The van der Waals surface area contributed by atoms with Crippen molar-refractivity contribution in [1.29, 1.82) is 0 Å². The van der Waals surface area contributed by atoms with Gasteiger partial charge in [-0.2, -0.15) is 0 Å². The van der Waals surface area contributed by atoms with Crippen molar-refractivity contribution >= 4 is 32.6 Å². The first-order valence-electron chi connectivity index (χ1n) is 5.28. The third kappa shape index (κ3) is 0.865. The zero-order valence-corrected chi connectivity index (χ0v) is 8.51. The second-order valence-electron chi connectivity index (χ2n) is 4.00. The largest absolute Gasteiger partial charge is 0.256 e. The highest BCUT2D eigenvalue weighted by Crippen LogP contribution is 2.31. The van der Waals surface area contributed by atoms with E-state index in [-0.39, 0.29) is 0 Å². The molecule has 0 unspecified atom stereocenters. The third-order valence-corrected chi connectivity index (χ3v) is 3.08. The first-order chi connectivity index (χ1) is 7.93. The van der Waals surface area contributed by atoms with E-state index in [9.17, 15) is 0 Å². The van der Waals surface area contributed by atoms with Crippen LogP contribution in [-0.2, 0) is 0 Å². The summed E-state index contributed by atoms with van der Waals surface area (Å²) in [7, 11) is 0. The Balaban J connectivity index is 2.51. The van der Waals surface area contributed by atoms with Gasteiger partial charge in [-0.1, -0.05) is 24.3 Å². The lowest BCUT2D eigenvalue weighted by Crippen LogP contribution is -1.87.